The summed E-state index contributed by atoms with van der Waals surface area (Å²) in [4.78, 5) is 0. The van der Waals surface area contributed by atoms with Crippen LogP contribution in [-0.2, 0) is 0 Å². The quantitative estimate of drug-likeness (QED) is 0.330. The Labute approximate surface area is 161 Å². The van der Waals surface area contributed by atoms with Gasteiger partial charge in [-0.1, -0.05) is 60.7 Å². The van der Waals surface area contributed by atoms with Crippen LogP contribution in [0.3, 0.4) is 0 Å². The lowest BCUT2D eigenvalue weighted by atomic mass is 10.2. The number of aromatic nitrogens is 1. The SMILES string of the molecule is [B-][P+](c1ccccc1)(c1ccccc1)c1c2ccccc2c2ccccn12. The first kappa shape index (κ1) is 16.4. The zero-order valence-electron chi connectivity index (χ0n) is 14.9. The van der Waals surface area contributed by atoms with Gasteiger partial charge in [-0.05, 0) is 42.5 Å². The van der Waals surface area contributed by atoms with E-state index in [0.717, 1.165) is 0 Å². The molecule has 3 radical (unpaired) electrons. The molecule has 0 N–H and O–H groups in total. The van der Waals surface area contributed by atoms with Gasteiger partial charge in [0.15, 0.2) is 0 Å². The minimum atomic E-state index is -2.31. The van der Waals surface area contributed by atoms with Crippen molar-refractivity contribution in [2.45, 2.75) is 0 Å². The van der Waals surface area contributed by atoms with E-state index in [-0.39, 0.29) is 0 Å². The third-order valence-electron chi connectivity index (χ3n) is 5.19. The summed E-state index contributed by atoms with van der Waals surface area (Å²) < 4.78 is 2.29. The summed E-state index contributed by atoms with van der Waals surface area (Å²) in [5.41, 5.74) is 2.40. The summed E-state index contributed by atoms with van der Waals surface area (Å²) in [7, 11) is 5.12. The van der Waals surface area contributed by atoms with Crippen LogP contribution in [0.15, 0.2) is 109 Å². The van der Waals surface area contributed by atoms with E-state index in [1.165, 1.54) is 32.3 Å². The van der Waals surface area contributed by atoms with Gasteiger partial charge < -0.3 is 0 Å². The lowest BCUT2D eigenvalue weighted by molar-refractivity contribution is 1.25. The molecule has 1 nitrogen and oxygen atoms in total. The predicted octanol–water partition coefficient (Wildman–Crippen LogP) is 4.47. The highest BCUT2D eigenvalue weighted by Crippen LogP contribution is 2.52. The zero-order valence-corrected chi connectivity index (χ0v) is 15.8. The molecular weight excluding hydrogens is 344 g/mol. The van der Waals surface area contributed by atoms with Gasteiger partial charge in [0.05, 0.1) is 16.1 Å². The van der Waals surface area contributed by atoms with E-state index < -0.39 is 7.14 Å². The first-order valence-corrected chi connectivity index (χ1v) is 10.9. The van der Waals surface area contributed by atoms with Gasteiger partial charge in [0, 0.05) is 17.0 Å². The molecule has 0 unspecified atom stereocenters. The molecule has 0 fully saturated rings. The minimum absolute atomic E-state index is 1.19. The molecule has 2 aromatic heterocycles. The van der Waals surface area contributed by atoms with Crippen molar-refractivity contribution in [3.8, 4) is 0 Å². The summed E-state index contributed by atoms with van der Waals surface area (Å²) in [5.74, 6) is 0. The molecule has 0 atom stereocenters. The second-order valence-corrected chi connectivity index (χ2v) is 9.62. The molecule has 0 aliphatic rings. The van der Waals surface area contributed by atoms with Crippen molar-refractivity contribution >= 4 is 47.0 Å². The van der Waals surface area contributed by atoms with Gasteiger partial charge in [0.1, 0.15) is 5.44 Å². The summed E-state index contributed by atoms with van der Waals surface area (Å²) >= 11 is 0. The first-order valence-electron chi connectivity index (χ1n) is 9.07. The van der Waals surface area contributed by atoms with Crippen molar-refractivity contribution < 1.29 is 0 Å². The van der Waals surface area contributed by atoms with Crippen molar-refractivity contribution in [3.63, 3.8) is 0 Å². The minimum Gasteiger partial charge on any atom is -0.291 e. The lowest BCUT2D eigenvalue weighted by Gasteiger charge is -2.36. The number of nitrogens with zero attached hydrogens (tertiary/aromatic N) is 1. The number of benzene rings is 3. The second kappa shape index (κ2) is 6.41. The molecular formula is C24H18BNP. The Bertz CT molecular complexity index is 1140. The van der Waals surface area contributed by atoms with Crippen LogP contribution in [0.5, 0.6) is 0 Å². The summed E-state index contributed by atoms with van der Waals surface area (Å²) in [5, 5.41) is 4.84. The van der Waals surface area contributed by atoms with Gasteiger partial charge in [-0.3, -0.25) is 12.0 Å². The summed E-state index contributed by atoms with van der Waals surface area (Å²) in [6.07, 6.45) is 2.14. The van der Waals surface area contributed by atoms with Crippen molar-refractivity contribution in [1.29, 1.82) is 0 Å². The molecule has 0 amide bonds. The molecule has 2 heterocycles. The molecule has 0 aliphatic heterocycles. The van der Waals surface area contributed by atoms with Gasteiger partial charge in [-0.15, -0.1) is 7.14 Å². The smallest absolute Gasteiger partial charge is 0.132 e. The van der Waals surface area contributed by atoms with Crippen molar-refractivity contribution in [3.05, 3.63) is 109 Å². The van der Waals surface area contributed by atoms with Crippen LogP contribution in [0.4, 0.5) is 0 Å². The Hall–Kier alpha value is -2.83. The predicted molar refractivity (Wildman–Crippen MR) is 119 cm³/mol. The van der Waals surface area contributed by atoms with Crippen LogP contribution in [0.1, 0.15) is 0 Å². The zero-order chi connectivity index (χ0) is 18.3. The maximum absolute atomic E-state index is 7.43. The number of hydrogen-bond donors (Lipinski definition) is 0. The van der Waals surface area contributed by atoms with Crippen molar-refractivity contribution in [1.82, 2.24) is 4.40 Å². The number of rotatable bonds is 3. The lowest BCUT2D eigenvalue weighted by Crippen LogP contribution is -2.33. The fourth-order valence-electron chi connectivity index (χ4n) is 3.96. The van der Waals surface area contributed by atoms with Gasteiger partial charge in [0.2, 0.25) is 0 Å². The Balaban J connectivity index is 1.97. The van der Waals surface area contributed by atoms with Crippen LogP contribution in [0.25, 0.3) is 16.3 Å². The Morgan fingerprint density at radius 1 is 0.556 bits per heavy atom. The van der Waals surface area contributed by atoms with Crippen molar-refractivity contribution in [2.24, 2.45) is 0 Å². The van der Waals surface area contributed by atoms with Crippen LogP contribution >= 0.6 is 7.14 Å². The molecule has 0 bridgehead atoms. The standard InChI is InChI=1S/C24H18BNP/c25-27(19-11-3-1-4-12-19,20-13-5-2-6-14-20)24-22-16-8-7-15-21(22)23-17-9-10-18-26(23)24/h1-18H. The highest BCUT2D eigenvalue weighted by Gasteiger charge is 2.32. The monoisotopic (exact) mass is 362 g/mol. The molecule has 3 heteroatoms. The summed E-state index contributed by atoms with van der Waals surface area (Å²) in [6, 6.07) is 36.0. The van der Waals surface area contributed by atoms with Crippen LogP contribution in [-0.4, -0.2) is 12.0 Å². The average Bonchev–Trinajstić information content (AvgIpc) is 3.09. The molecule has 5 rings (SSSR count). The molecule has 0 saturated heterocycles. The van der Waals surface area contributed by atoms with E-state index in [2.05, 4.69) is 102 Å². The van der Waals surface area contributed by atoms with E-state index in [0.29, 0.717) is 0 Å². The van der Waals surface area contributed by atoms with Gasteiger partial charge in [0.25, 0.3) is 0 Å². The first-order chi connectivity index (χ1) is 13.3. The highest BCUT2D eigenvalue weighted by atomic mass is 31.2. The maximum Gasteiger partial charge on any atom is 0.132 e. The molecule has 3 aromatic carbocycles. The summed E-state index contributed by atoms with van der Waals surface area (Å²) in [6.45, 7) is 0. The fraction of sp³-hybridized carbons (Fsp3) is 0. The molecule has 5 aromatic rings. The topological polar surface area (TPSA) is 4.41 Å². The third-order valence-corrected chi connectivity index (χ3v) is 8.54. The maximum atomic E-state index is 7.43. The Morgan fingerprint density at radius 3 is 1.70 bits per heavy atom. The van der Waals surface area contributed by atoms with Gasteiger partial charge >= 0.3 is 0 Å². The van der Waals surface area contributed by atoms with Gasteiger partial charge in [-0.25, -0.2) is 0 Å². The molecule has 0 saturated carbocycles. The van der Waals surface area contributed by atoms with Gasteiger partial charge in [-0.2, -0.15) is 0 Å². The van der Waals surface area contributed by atoms with E-state index in [9.17, 15) is 0 Å². The van der Waals surface area contributed by atoms with E-state index in [1.807, 2.05) is 12.1 Å². The highest BCUT2D eigenvalue weighted by molar-refractivity contribution is 8.13. The van der Waals surface area contributed by atoms with Crippen LogP contribution < -0.4 is 16.0 Å². The molecule has 27 heavy (non-hydrogen) atoms. The largest absolute Gasteiger partial charge is 0.291 e. The number of fused-ring (bicyclic) bond motifs is 3. The molecule has 0 spiro atoms. The van der Waals surface area contributed by atoms with Crippen molar-refractivity contribution in [2.75, 3.05) is 0 Å². The molecule has 127 valence electrons. The number of hydrogen-bond acceptors (Lipinski definition) is 0. The van der Waals surface area contributed by atoms with E-state index >= 15 is 0 Å². The van der Waals surface area contributed by atoms with E-state index in [4.69, 9.17) is 7.57 Å². The number of pyridine rings is 1. The fourth-order valence-corrected chi connectivity index (χ4v) is 7.12. The Morgan fingerprint density at radius 2 is 1.07 bits per heavy atom. The third kappa shape index (κ3) is 2.45. The normalized spacial score (nSPS) is 11.9. The average molecular weight is 362 g/mol. The van der Waals surface area contributed by atoms with Crippen LogP contribution in [0, 0.1) is 0 Å². The Kier molecular flexibility index (Phi) is 3.88. The second-order valence-electron chi connectivity index (χ2n) is 6.72. The van der Waals surface area contributed by atoms with Crippen LogP contribution in [0.2, 0.25) is 0 Å². The molecule has 0 aliphatic carbocycles. The van der Waals surface area contributed by atoms with E-state index in [1.54, 1.807) is 0 Å².